The van der Waals surface area contributed by atoms with Crippen molar-refractivity contribution in [1.29, 1.82) is 0 Å². The summed E-state index contributed by atoms with van der Waals surface area (Å²) in [5, 5.41) is 0. The van der Waals surface area contributed by atoms with Crippen molar-refractivity contribution in [2.45, 2.75) is 0 Å². The van der Waals surface area contributed by atoms with Crippen LogP contribution in [-0.2, 0) is 4.74 Å². The van der Waals surface area contributed by atoms with Crippen LogP contribution in [0.3, 0.4) is 0 Å². The minimum Gasteiger partial charge on any atom is -0.399 e. The molecule has 2 aromatic rings. The Labute approximate surface area is 104 Å². The number of nitrogens with two attached hydrogens (primary N) is 1. The van der Waals surface area contributed by atoms with Gasteiger partial charge in [0.15, 0.2) is 0 Å². The van der Waals surface area contributed by atoms with Gasteiger partial charge in [0.1, 0.15) is 0 Å². The number of anilines is 1. The fourth-order valence-electron chi connectivity index (χ4n) is 1.40. The summed E-state index contributed by atoms with van der Waals surface area (Å²) in [5.41, 5.74) is 6.66. The molecule has 0 aromatic heterocycles. The van der Waals surface area contributed by atoms with E-state index in [0.29, 0.717) is 11.3 Å². The molecule has 0 fully saturated rings. The number of hydrogen-bond donors (Lipinski definition) is 1. The number of rotatable bonds is 2. The maximum atomic E-state index is 11.7. The number of carbonyl (C=O) groups is 2. The number of esters is 2. The van der Waals surface area contributed by atoms with Crippen molar-refractivity contribution in [3.8, 4) is 0 Å². The molecule has 0 aliphatic carbocycles. The van der Waals surface area contributed by atoms with E-state index in [1.807, 2.05) is 0 Å². The lowest BCUT2D eigenvalue weighted by molar-refractivity contribution is 0.0398. The highest BCUT2D eigenvalue weighted by molar-refractivity contribution is 6.02. The summed E-state index contributed by atoms with van der Waals surface area (Å²) in [6.07, 6.45) is 0. The van der Waals surface area contributed by atoms with E-state index in [1.165, 1.54) is 12.1 Å². The first kappa shape index (κ1) is 11.9. The van der Waals surface area contributed by atoms with Crippen LogP contribution in [0.2, 0.25) is 0 Å². The SMILES string of the molecule is Nc1ccc(C(=O)OC(=O)c2ccccc2)cc1. The molecule has 0 saturated heterocycles. The summed E-state index contributed by atoms with van der Waals surface area (Å²) in [6, 6.07) is 14.5. The van der Waals surface area contributed by atoms with Crippen LogP contribution in [0.15, 0.2) is 54.6 Å². The first-order valence-electron chi connectivity index (χ1n) is 5.34. The van der Waals surface area contributed by atoms with Crippen LogP contribution in [0.25, 0.3) is 0 Å². The van der Waals surface area contributed by atoms with Gasteiger partial charge in [-0.2, -0.15) is 0 Å². The van der Waals surface area contributed by atoms with E-state index in [-0.39, 0.29) is 5.56 Å². The molecule has 0 unspecified atom stereocenters. The van der Waals surface area contributed by atoms with E-state index in [1.54, 1.807) is 42.5 Å². The zero-order valence-electron chi connectivity index (χ0n) is 9.50. The molecule has 18 heavy (non-hydrogen) atoms. The molecule has 90 valence electrons. The summed E-state index contributed by atoms with van der Waals surface area (Å²) in [7, 11) is 0. The van der Waals surface area contributed by atoms with Crippen molar-refractivity contribution in [3.05, 3.63) is 65.7 Å². The van der Waals surface area contributed by atoms with Crippen LogP contribution in [0.1, 0.15) is 20.7 Å². The molecular formula is C14H11NO3. The minimum absolute atomic E-state index is 0.286. The van der Waals surface area contributed by atoms with E-state index in [2.05, 4.69) is 0 Å². The summed E-state index contributed by atoms with van der Waals surface area (Å²) >= 11 is 0. The lowest BCUT2D eigenvalue weighted by atomic mass is 10.2. The number of carbonyl (C=O) groups excluding carboxylic acids is 2. The fraction of sp³-hybridized carbons (Fsp3) is 0. The first-order chi connectivity index (χ1) is 8.66. The van der Waals surface area contributed by atoms with Crippen molar-refractivity contribution in [2.24, 2.45) is 0 Å². The standard InChI is InChI=1S/C14H11NO3/c15-12-8-6-11(7-9-12)14(17)18-13(16)10-4-2-1-3-5-10/h1-9H,15H2. The van der Waals surface area contributed by atoms with E-state index >= 15 is 0 Å². The first-order valence-corrected chi connectivity index (χ1v) is 5.34. The van der Waals surface area contributed by atoms with E-state index < -0.39 is 11.9 Å². The maximum Gasteiger partial charge on any atom is 0.346 e. The van der Waals surface area contributed by atoms with Crippen molar-refractivity contribution in [1.82, 2.24) is 0 Å². The molecule has 4 heteroatoms. The summed E-state index contributed by atoms with van der Waals surface area (Å²) in [4.78, 5) is 23.3. The molecule has 0 radical (unpaired) electrons. The monoisotopic (exact) mass is 241 g/mol. The van der Waals surface area contributed by atoms with Crippen LogP contribution in [0, 0.1) is 0 Å². The van der Waals surface area contributed by atoms with Crippen molar-refractivity contribution < 1.29 is 14.3 Å². The molecule has 2 aromatic carbocycles. The number of nitrogen functional groups attached to an aromatic ring is 1. The maximum absolute atomic E-state index is 11.7. The predicted octanol–water partition coefficient (Wildman–Crippen LogP) is 2.27. The van der Waals surface area contributed by atoms with Crippen LogP contribution in [-0.4, -0.2) is 11.9 Å². The highest BCUT2D eigenvalue weighted by Gasteiger charge is 2.14. The van der Waals surface area contributed by atoms with Crippen molar-refractivity contribution >= 4 is 17.6 Å². The Morgan fingerprint density at radius 3 is 1.83 bits per heavy atom. The highest BCUT2D eigenvalue weighted by atomic mass is 16.6. The Bertz CT molecular complexity index is 561. The van der Waals surface area contributed by atoms with Gasteiger partial charge in [-0.15, -0.1) is 0 Å². The molecule has 4 nitrogen and oxygen atoms in total. The van der Waals surface area contributed by atoms with Gasteiger partial charge in [-0.1, -0.05) is 18.2 Å². The second-order valence-corrected chi connectivity index (χ2v) is 3.67. The van der Waals surface area contributed by atoms with Gasteiger partial charge < -0.3 is 10.5 Å². The van der Waals surface area contributed by atoms with Gasteiger partial charge in [-0.3, -0.25) is 0 Å². The van der Waals surface area contributed by atoms with Gasteiger partial charge in [-0.25, -0.2) is 9.59 Å². The quantitative estimate of drug-likeness (QED) is 0.497. The van der Waals surface area contributed by atoms with Gasteiger partial charge in [0.2, 0.25) is 0 Å². The Balaban J connectivity index is 2.08. The summed E-state index contributed by atoms with van der Waals surface area (Å²) < 4.78 is 4.74. The highest BCUT2D eigenvalue weighted by Crippen LogP contribution is 2.09. The van der Waals surface area contributed by atoms with Gasteiger partial charge in [0.05, 0.1) is 11.1 Å². The summed E-state index contributed by atoms with van der Waals surface area (Å²) in [5.74, 6) is -1.36. The third kappa shape index (κ3) is 2.74. The normalized spacial score (nSPS) is 9.78. The van der Waals surface area contributed by atoms with Gasteiger partial charge in [0, 0.05) is 5.69 Å². The van der Waals surface area contributed by atoms with Crippen LogP contribution < -0.4 is 5.73 Å². The van der Waals surface area contributed by atoms with E-state index in [0.717, 1.165) is 0 Å². The predicted molar refractivity (Wildman–Crippen MR) is 67.0 cm³/mol. The number of hydrogen-bond acceptors (Lipinski definition) is 4. The van der Waals surface area contributed by atoms with E-state index in [4.69, 9.17) is 10.5 Å². The minimum atomic E-state index is -0.691. The zero-order chi connectivity index (χ0) is 13.0. The Kier molecular flexibility index (Phi) is 3.38. The lowest BCUT2D eigenvalue weighted by Gasteiger charge is -2.03. The Morgan fingerprint density at radius 1 is 0.778 bits per heavy atom. The molecule has 2 N–H and O–H groups in total. The lowest BCUT2D eigenvalue weighted by Crippen LogP contribution is -2.12. The fourth-order valence-corrected chi connectivity index (χ4v) is 1.40. The van der Waals surface area contributed by atoms with Crippen LogP contribution in [0.4, 0.5) is 5.69 Å². The van der Waals surface area contributed by atoms with Crippen molar-refractivity contribution in [2.75, 3.05) is 5.73 Å². The third-order valence-corrected chi connectivity index (χ3v) is 2.34. The average molecular weight is 241 g/mol. The van der Waals surface area contributed by atoms with Gasteiger partial charge in [0.25, 0.3) is 0 Å². The molecule has 0 atom stereocenters. The molecule has 0 heterocycles. The van der Waals surface area contributed by atoms with E-state index in [9.17, 15) is 9.59 Å². The summed E-state index contributed by atoms with van der Waals surface area (Å²) in [6.45, 7) is 0. The second-order valence-electron chi connectivity index (χ2n) is 3.67. The number of ether oxygens (including phenoxy) is 1. The molecule has 0 spiro atoms. The number of benzene rings is 2. The Morgan fingerprint density at radius 2 is 1.28 bits per heavy atom. The molecule has 0 saturated carbocycles. The van der Waals surface area contributed by atoms with Crippen LogP contribution >= 0.6 is 0 Å². The topological polar surface area (TPSA) is 69.4 Å². The molecule has 0 aliphatic heterocycles. The van der Waals surface area contributed by atoms with Gasteiger partial charge >= 0.3 is 11.9 Å². The Hall–Kier alpha value is -2.62. The smallest absolute Gasteiger partial charge is 0.346 e. The zero-order valence-corrected chi connectivity index (χ0v) is 9.50. The van der Waals surface area contributed by atoms with Crippen molar-refractivity contribution in [3.63, 3.8) is 0 Å². The molecular weight excluding hydrogens is 230 g/mol. The van der Waals surface area contributed by atoms with Crippen LogP contribution in [0.5, 0.6) is 0 Å². The molecule has 2 rings (SSSR count). The third-order valence-electron chi connectivity index (χ3n) is 2.34. The molecule has 0 bridgehead atoms. The largest absolute Gasteiger partial charge is 0.399 e. The molecule has 0 amide bonds. The average Bonchev–Trinajstić information content (AvgIpc) is 2.40. The van der Waals surface area contributed by atoms with Gasteiger partial charge in [-0.05, 0) is 36.4 Å². The molecule has 0 aliphatic rings. The second kappa shape index (κ2) is 5.14.